The Balaban J connectivity index is 2.51. The molecule has 0 aromatic heterocycles. The van der Waals surface area contributed by atoms with Crippen molar-refractivity contribution in [1.82, 2.24) is 0 Å². The molecule has 18 heavy (non-hydrogen) atoms. The van der Waals surface area contributed by atoms with Crippen LogP contribution in [0.5, 0.6) is 5.75 Å². The molecule has 0 fully saturated rings. The molecule has 0 amide bonds. The van der Waals surface area contributed by atoms with Gasteiger partial charge in [-0.25, -0.2) is 0 Å². The molecule has 2 aromatic rings. The van der Waals surface area contributed by atoms with Crippen LogP contribution < -0.4 is 10.5 Å². The SMILES string of the molecule is C/C=C/COc1c([C@@H](C)N)ccc2ccccc12. The summed E-state index contributed by atoms with van der Waals surface area (Å²) in [5.41, 5.74) is 7.07. The number of allylic oxidation sites excluding steroid dienone is 1. The number of fused-ring (bicyclic) bond motifs is 1. The van der Waals surface area contributed by atoms with Gasteiger partial charge in [0, 0.05) is 17.0 Å². The van der Waals surface area contributed by atoms with E-state index in [9.17, 15) is 0 Å². The molecule has 2 heteroatoms. The lowest BCUT2D eigenvalue weighted by molar-refractivity contribution is 0.361. The van der Waals surface area contributed by atoms with Crippen molar-refractivity contribution >= 4 is 10.8 Å². The third-order valence-electron chi connectivity index (χ3n) is 2.96. The lowest BCUT2D eigenvalue weighted by Gasteiger charge is -2.15. The highest BCUT2D eigenvalue weighted by Crippen LogP contribution is 2.32. The molecule has 0 saturated heterocycles. The van der Waals surface area contributed by atoms with Gasteiger partial charge in [0.05, 0.1) is 0 Å². The average Bonchev–Trinajstić information content (AvgIpc) is 2.38. The van der Waals surface area contributed by atoms with E-state index < -0.39 is 0 Å². The van der Waals surface area contributed by atoms with Gasteiger partial charge < -0.3 is 10.5 Å². The number of benzene rings is 2. The number of ether oxygens (including phenoxy) is 1. The van der Waals surface area contributed by atoms with Crippen LogP contribution in [-0.4, -0.2) is 6.61 Å². The molecule has 0 spiro atoms. The molecule has 0 aliphatic rings. The first-order valence-corrected chi connectivity index (χ1v) is 6.25. The van der Waals surface area contributed by atoms with Crippen molar-refractivity contribution in [2.45, 2.75) is 19.9 Å². The molecule has 2 nitrogen and oxygen atoms in total. The van der Waals surface area contributed by atoms with E-state index in [2.05, 4.69) is 24.3 Å². The van der Waals surface area contributed by atoms with Crippen LogP contribution in [0, 0.1) is 0 Å². The monoisotopic (exact) mass is 241 g/mol. The lowest BCUT2D eigenvalue weighted by atomic mass is 10.0. The van der Waals surface area contributed by atoms with Gasteiger partial charge in [-0.05, 0) is 19.2 Å². The Bertz CT molecular complexity index is 558. The minimum atomic E-state index is -0.0322. The van der Waals surface area contributed by atoms with E-state index >= 15 is 0 Å². The molecule has 0 saturated carbocycles. The molecule has 2 N–H and O–H groups in total. The molecule has 2 aromatic carbocycles. The van der Waals surface area contributed by atoms with E-state index in [4.69, 9.17) is 10.5 Å². The summed E-state index contributed by atoms with van der Waals surface area (Å²) in [4.78, 5) is 0. The van der Waals surface area contributed by atoms with Gasteiger partial charge in [0.15, 0.2) is 0 Å². The molecule has 0 bridgehead atoms. The Morgan fingerprint density at radius 3 is 2.72 bits per heavy atom. The third kappa shape index (κ3) is 2.54. The van der Waals surface area contributed by atoms with Gasteiger partial charge in [0.25, 0.3) is 0 Å². The number of hydrogen-bond acceptors (Lipinski definition) is 2. The van der Waals surface area contributed by atoms with Crippen molar-refractivity contribution in [2.75, 3.05) is 6.61 Å². The van der Waals surface area contributed by atoms with Crippen LogP contribution in [0.25, 0.3) is 10.8 Å². The molecule has 0 heterocycles. The van der Waals surface area contributed by atoms with Crippen LogP contribution in [0.1, 0.15) is 25.5 Å². The quantitative estimate of drug-likeness (QED) is 0.826. The molecule has 0 aliphatic heterocycles. The highest BCUT2D eigenvalue weighted by Gasteiger charge is 2.11. The minimum absolute atomic E-state index is 0.0322. The van der Waals surface area contributed by atoms with Gasteiger partial charge in [-0.3, -0.25) is 0 Å². The summed E-state index contributed by atoms with van der Waals surface area (Å²) in [6, 6.07) is 12.3. The second kappa shape index (κ2) is 5.69. The van der Waals surface area contributed by atoms with Crippen molar-refractivity contribution in [3.63, 3.8) is 0 Å². The highest BCUT2D eigenvalue weighted by atomic mass is 16.5. The molecule has 94 valence electrons. The summed E-state index contributed by atoms with van der Waals surface area (Å²) < 4.78 is 5.89. The van der Waals surface area contributed by atoms with Crippen LogP contribution >= 0.6 is 0 Å². The Hall–Kier alpha value is -1.80. The number of rotatable bonds is 4. The van der Waals surface area contributed by atoms with Gasteiger partial charge in [-0.15, -0.1) is 0 Å². The maximum atomic E-state index is 6.01. The molecule has 1 atom stereocenters. The maximum Gasteiger partial charge on any atom is 0.132 e. The van der Waals surface area contributed by atoms with Crippen LogP contribution in [0.3, 0.4) is 0 Å². The average molecular weight is 241 g/mol. The molecular formula is C16H19NO. The topological polar surface area (TPSA) is 35.2 Å². The second-order valence-electron chi connectivity index (χ2n) is 4.37. The van der Waals surface area contributed by atoms with Gasteiger partial charge in [-0.1, -0.05) is 48.6 Å². The number of hydrogen-bond donors (Lipinski definition) is 1. The van der Waals surface area contributed by atoms with E-state index in [0.29, 0.717) is 6.61 Å². The fraction of sp³-hybridized carbons (Fsp3) is 0.250. The Kier molecular flexibility index (Phi) is 4.00. The van der Waals surface area contributed by atoms with E-state index in [1.54, 1.807) is 0 Å². The summed E-state index contributed by atoms with van der Waals surface area (Å²) in [6.07, 6.45) is 3.98. The minimum Gasteiger partial charge on any atom is -0.489 e. The predicted octanol–water partition coefficient (Wildman–Crippen LogP) is 3.81. The van der Waals surface area contributed by atoms with E-state index in [1.807, 2.05) is 38.1 Å². The van der Waals surface area contributed by atoms with Gasteiger partial charge in [0.2, 0.25) is 0 Å². The normalized spacial score (nSPS) is 13.1. The van der Waals surface area contributed by atoms with E-state index in [0.717, 1.165) is 16.7 Å². The molecule has 0 unspecified atom stereocenters. The molecule has 0 aliphatic carbocycles. The van der Waals surface area contributed by atoms with E-state index in [-0.39, 0.29) is 6.04 Å². The first kappa shape index (κ1) is 12.7. The highest BCUT2D eigenvalue weighted by molar-refractivity contribution is 5.89. The summed E-state index contributed by atoms with van der Waals surface area (Å²) in [5.74, 6) is 0.904. The first-order chi connectivity index (χ1) is 8.74. The maximum absolute atomic E-state index is 6.01. The smallest absolute Gasteiger partial charge is 0.132 e. The largest absolute Gasteiger partial charge is 0.489 e. The molecule has 2 rings (SSSR count). The Morgan fingerprint density at radius 1 is 1.22 bits per heavy atom. The van der Waals surface area contributed by atoms with Crippen molar-refractivity contribution in [2.24, 2.45) is 5.73 Å². The summed E-state index contributed by atoms with van der Waals surface area (Å²) >= 11 is 0. The summed E-state index contributed by atoms with van der Waals surface area (Å²) in [5, 5.41) is 2.30. The molecule has 0 radical (unpaired) electrons. The summed E-state index contributed by atoms with van der Waals surface area (Å²) in [6.45, 7) is 4.54. The summed E-state index contributed by atoms with van der Waals surface area (Å²) in [7, 11) is 0. The number of nitrogens with two attached hydrogens (primary N) is 1. The fourth-order valence-electron chi connectivity index (χ4n) is 2.01. The Labute approximate surface area is 108 Å². The molecular weight excluding hydrogens is 222 g/mol. The van der Waals surface area contributed by atoms with Crippen LogP contribution in [-0.2, 0) is 0 Å². The second-order valence-corrected chi connectivity index (χ2v) is 4.37. The lowest BCUT2D eigenvalue weighted by Crippen LogP contribution is -2.08. The van der Waals surface area contributed by atoms with Gasteiger partial charge >= 0.3 is 0 Å². The third-order valence-corrected chi connectivity index (χ3v) is 2.96. The van der Waals surface area contributed by atoms with Crippen molar-refractivity contribution < 1.29 is 4.74 Å². The standard InChI is InChI=1S/C16H19NO/c1-3-4-11-18-16-14(12(2)17)10-9-13-7-5-6-8-15(13)16/h3-10,12H,11,17H2,1-2H3/b4-3+/t12-/m1/s1. The van der Waals surface area contributed by atoms with Crippen LogP contribution in [0.4, 0.5) is 0 Å². The van der Waals surface area contributed by atoms with Gasteiger partial charge in [0.1, 0.15) is 12.4 Å². The van der Waals surface area contributed by atoms with E-state index in [1.165, 1.54) is 5.39 Å². The van der Waals surface area contributed by atoms with Crippen molar-refractivity contribution in [3.8, 4) is 5.75 Å². The zero-order chi connectivity index (χ0) is 13.0. The zero-order valence-corrected chi connectivity index (χ0v) is 10.9. The fourth-order valence-corrected chi connectivity index (χ4v) is 2.01. The zero-order valence-electron chi connectivity index (χ0n) is 10.9. The first-order valence-electron chi connectivity index (χ1n) is 6.25. The predicted molar refractivity (Wildman–Crippen MR) is 76.9 cm³/mol. The Morgan fingerprint density at radius 2 is 2.00 bits per heavy atom. The van der Waals surface area contributed by atoms with Gasteiger partial charge in [-0.2, -0.15) is 0 Å². The van der Waals surface area contributed by atoms with Crippen LogP contribution in [0.2, 0.25) is 0 Å². The van der Waals surface area contributed by atoms with Crippen molar-refractivity contribution in [3.05, 3.63) is 54.1 Å². The van der Waals surface area contributed by atoms with Crippen LogP contribution in [0.15, 0.2) is 48.6 Å². The van der Waals surface area contributed by atoms with Crippen molar-refractivity contribution in [1.29, 1.82) is 0 Å².